The molecule has 1 aliphatic rings. The molecule has 0 aromatic carbocycles. The Balaban J connectivity index is 2.88. The van der Waals surface area contributed by atoms with Gasteiger partial charge < -0.3 is 9.84 Å². The molecule has 0 spiro atoms. The molecular weight excluding hydrogens is 216 g/mol. The van der Waals surface area contributed by atoms with Crippen LogP contribution in [0.3, 0.4) is 0 Å². The Labute approximate surface area is 106 Å². The molecule has 1 saturated heterocycles. The lowest BCUT2D eigenvalue weighted by molar-refractivity contribution is -0.0639. The first-order valence-corrected chi connectivity index (χ1v) is 6.63. The minimum atomic E-state index is 0.0942. The Kier molecular flexibility index (Phi) is 5.86. The molecule has 1 N–H and O–H groups in total. The molecule has 0 saturated carbocycles. The summed E-state index contributed by atoms with van der Waals surface area (Å²) < 4.78 is 5.47. The average molecular weight is 244 g/mol. The molecule has 1 heterocycles. The molecule has 1 fully saturated rings. The first-order valence-electron chi connectivity index (χ1n) is 6.63. The summed E-state index contributed by atoms with van der Waals surface area (Å²) in [6, 6.07) is 0.471. The molecule has 0 aromatic heterocycles. The lowest BCUT2D eigenvalue weighted by Crippen LogP contribution is -2.65. The van der Waals surface area contributed by atoms with E-state index in [1.807, 2.05) is 0 Å². The number of nitrogens with zero attached hydrogens (tertiary/aromatic N) is 2. The summed E-state index contributed by atoms with van der Waals surface area (Å²) in [7, 11) is 6.09. The zero-order chi connectivity index (χ0) is 12.9. The van der Waals surface area contributed by atoms with Crippen molar-refractivity contribution < 1.29 is 9.84 Å². The van der Waals surface area contributed by atoms with Gasteiger partial charge in [-0.2, -0.15) is 0 Å². The van der Waals surface area contributed by atoms with E-state index in [2.05, 4.69) is 30.8 Å². The molecule has 0 aliphatic carbocycles. The summed E-state index contributed by atoms with van der Waals surface area (Å²) in [5.41, 5.74) is 0.0942. The number of likely N-dealkylation sites (tertiary alicyclic amines) is 1. The van der Waals surface area contributed by atoms with Crippen molar-refractivity contribution in [3.05, 3.63) is 0 Å². The lowest BCUT2D eigenvalue weighted by atomic mass is 9.79. The van der Waals surface area contributed by atoms with Crippen LogP contribution in [-0.2, 0) is 4.74 Å². The predicted octanol–water partition coefficient (Wildman–Crippen LogP) is 0.800. The number of piperidine rings is 1. The molecule has 2 unspecified atom stereocenters. The van der Waals surface area contributed by atoms with Gasteiger partial charge in [0.1, 0.15) is 0 Å². The molecule has 0 amide bonds. The van der Waals surface area contributed by atoms with Crippen LogP contribution in [0.5, 0.6) is 0 Å². The zero-order valence-corrected chi connectivity index (χ0v) is 11.8. The van der Waals surface area contributed by atoms with Crippen molar-refractivity contribution in [1.82, 2.24) is 9.80 Å². The van der Waals surface area contributed by atoms with Gasteiger partial charge in [0.25, 0.3) is 0 Å². The number of hydrogen-bond donors (Lipinski definition) is 1. The first kappa shape index (κ1) is 14.9. The van der Waals surface area contributed by atoms with E-state index in [4.69, 9.17) is 9.84 Å². The van der Waals surface area contributed by atoms with Gasteiger partial charge in [-0.15, -0.1) is 0 Å². The van der Waals surface area contributed by atoms with Crippen molar-refractivity contribution >= 4 is 0 Å². The van der Waals surface area contributed by atoms with Crippen LogP contribution in [0.25, 0.3) is 0 Å². The first-order chi connectivity index (χ1) is 8.12. The fourth-order valence-electron chi connectivity index (χ4n) is 3.28. The van der Waals surface area contributed by atoms with Gasteiger partial charge in [0.2, 0.25) is 0 Å². The maximum Gasteiger partial charge on any atom is 0.0661 e. The molecule has 0 aromatic rings. The van der Waals surface area contributed by atoms with Crippen LogP contribution < -0.4 is 0 Å². The highest BCUT2D eigenvalue weighted by Gasteiger charge is 2.44. The van der Waals surface area contributed by atoms with E-state index in [1.165, 1.54) is 12.8 Å². The van der Waals surface area contributed by atoms with Gasteiger partial charge >= 0.3 is 0 Å². The van der Waals surface area contributed by atoms with Crippen molar-refractivity contribution in [2.24, 2.45) is 0 Å². The van der Waals surface area contributed by atoms with E-state index in [0.717, 1.165) is 26.1 Å². The maximum absolute atomic E-state index is 9.12. The third kappa shape index (κ3) is 2.99. The summed E-state index contributed by atoms with van der Waals surface area (Å²) in [5, 5.41) is 9.12. The van der Waals surface area contributed by atoms with Gasteiger partial charge in [0, 0.05) is 19.7 Å². The molecule has 1 rings (SSSR count). The fourth-order valence-corrected chi connectivity index (χ4v) is 3.28. The number of methoxy groups -OCH3 is 1. The smallest absolute Gasteiger partial charge is 0.0661 e. The van der Waals surface area contributed by atoms with Gasteiger partial charge in [-0.1, -0.05) is 6.92 Å². The second kappa shape index (κ2) is 6.69. The van der Waals surface area contributed by atoms with Gasteiger partial charge in [-0.05, 0) is 39.9 Å². The monoisotopic (exact) mass is 244 g/mol. The molecule has 102 valence electrons. The van der Waals surface area contributed by atoms with Gasteiger partial charge in [-0.25, -0.2) is 0 Å². The van der Waals surface area contributed by atoms with Crippen molar-refractivity contribution in [1.29, 1.82) is 0 Å². The van der Waals surface area contributed by atoms with Crippen molar-refractivity contribution in [2.75, 3.05) is 47.5 Å². The summed E-state index contributed by atoms with van der Waals surface area (Å²) in [6.07, 6.45) is 3.50. The summed E-state index contributed by atoms with van der Waals surface area (Å²) >= 11 is 0. The topological polar surface area (TPSA) is 35.9 Å². The van der Waals surface area contributed by atoms with E-state index in [-0.39, 0.29) is 12.1 Å². The minimum absolute atomic E-state index is 0.0942. The third-order valence-corrected chi connectivity index (χ3v) is 4.34. The highest BCUT2D eigenvalue weighted by atomic mass is 16.5. The quantitative estimate of drug-likeness (QED) is 0.750. The molecular formula is C13H28N2O2. The molecule has 2 atom stereocenters. The second-order valence-electron chi connectivity index (χ2n) is 5.17. The van der Waals surface area contributed by atoms with Gasteiger partial charge in [0.15, 0.2) is 0 Å². The van der Waals surface area contributed by atoms with Crippen LogP contribution in [-0.4, -0.2) is 74.0 Å². The van der Waals surface area contributed by atoms with Crippen LogP contribution in [0.1, 0.15) is 26.2 Å². The SMILES string of the molecule is CCC1(COC)C(N(C)CCO)CCCN1C. The highest BCUT2D eigenvalue weighted by Crippen LogP contribution is 2.33. The zero-order valence-electron chi connectivity index (χ0n) is 11.8. The van der Waals surface area contributed by atoms with Crippen molar-refractivity contribution in [3.8, 4) is 0 Å². The Morgan fingerprint density at radius 1 is 1.53 bits per heavy atom. The van der Waals surface area contributed by atoms with Crippen LogP contribution in [0.15, 0.2) is 0 Å². The molecule has 0 bridgehead atoms. The van der Waals surface area contributed by atoms with Crippen molar-refractivity contribution in [3.63, 3.8) is 0 Å². The van der Waals surface area contributed by atoms with E-state index < -0.39 is 0 Å². The fraction of sp³-hybridized carbons (Fsp3) is 1.00. The Morgan fingerprint density at radius 3 is 2.76 bits per heavy atom. The molecule has 4 nitrogen and oxygen atoms in total. The molecule has 4 heteroatoms. The highest BCUT2D eigenvalue weighted by molar-refractivity contribution is 5.02. The second-order valence-corrected chi connectivity index (χ2v) is 5.17. The van der Waals surface area contributed by atoms with Crippen molar-refractivity contribution in [2.45, 2.75) is 37.8 Å². The Morgan fingerprint density at radius 2 is 2.24 bits per heavy atom. The summed E-state index contributed by atoms with van der Waals surface area (Å²) in [6.45, 7) is 5.11. The summed E-state index contributed by atoms with van der Waals surface area (Å²) in [4.78, 5) is 4.73. The average Bonchev–Trinajstić information content (AvgIpc) is 2.32. The summed E-state index contributed by atoms with van der Waals surface area (Å²) in [5.74, 6) is 0. The molecule has 0 radical (unpaired) electrons. The van der Waals surface area contributed by atoms with E-state index in [1.54, 1.807) is 7.11 Å². The maximum atomic E-state index is 9.12. The normalized spacial score (nSPS) is 31.1. The van der Waals surface area contributed by atoms with Crippen LogP contribution in [0.4, 0.5) is 0 Å². The Hall–Kier alpha value is -0.160. The van der Waals surface area contributed by atoms with Crippen LogP contribution in [0, 0.1) is 0 Å². The number of rotatable bonds is 6. The van der Waals surface area contributed by atoms with Gasteiger partial charge in [0.05, 0.1) is 18.8 Å². The van der Waals surface area contributed by atoms with Gasteiger partial charge in [-0.3, -0.25) is 9.80 Å². The standard InChI is InChI=1S/C13H28N2O2/c1-5-13(11-17-4)12(14(2)9-10-16)7-6-8-15(13)3/h12,16H,5-11H2,1-4H3. The minimum Gasteiger partial charge on any atom is -0.395 e. The third-order valence-electron chi connectivity index (χ3n) is 4.34. The van der Waals surface area contributed by atoms with E-state index in [0.29, 0.717) is 6.04 Å². The lowest BCUT2D eigenvalue weighted by Gasteiger charge is -2.53. The van der Waals surface area contributed by atoms with Crippen LogP contribution >= 0.6 is 0 Å². The largest absolute Gasteiger partial charge is 0.395 e. The number of aliphatic hydroxyl groups is 1. The van der Waals surface area contributed by atoms with Crippen LogP contribution in [0.2, 0.25) is 0 Å². The number of ether oxygens (including phenoxy) is 1. The molecule has 17 heavy (non-hydrogen) atoms. The number of likely N-dealkylation sites (N-methyl/N-ethyl adjacent to an activating group) is 2. The van der Waals surface area contributed by atoms with E-state index >= 15 is 0 Å². The predicted molar refractivity (Wildman–Crippen MR) is 70.3 cm³/mol. The number of hydrogen-bond acceptors (Lipinski definition) is 4. The van der Waals surface area contributed by atoms with E-state index in [9.17, 15) is 0 Å². The number of aliphatic hydroxyl groups excluding tert-OH is 1. The Bertz CT molecular complexity index is 225. The molecule has 1 aliphatic heterocycles.